The maximum absolute atomic E-state index is 12.4. The molecule has 1 atom stereocenters. The van der Waals surface area contributed by atoms with Gasteiger partial charge in [-0.2, -0.15) is 0 Å². The molecule has 0 fully saturated rings. The van der Waals surface area contributed by atoms with Crippen LogP contribution in [0.2, 0.25) is 0 Å². The van der Waals surface area contributed by atoms with E-state index in [1.807, 2.05) is 30.3 Å². The first kappa shape index (κ1) is 13.7. The second kappa shape index (κ2) is 6.43. The summed E-state index contributed by atoms with van der Waals surface area (Å²) in [5.41, 5.74) is 8.33. The Hall–Kier alpha value is -1.74. The average Bonchev–Trinajstić information content (AvgIpc) is 2.40. The molecule has 100 valence electrons. The Kier molecular flexibility index (Phi) is 4.63. The molecular formula is C16H17F2N. The van der Waals surface area contributed by atoms with Crippen molar-refractivity contribution in [3.05, 3.63) is 71.3 Å². The van der Waals surface area contributed by atoms with E-state index in [-0.39, 0.29) is 11.6 Å². The zero-order chi connectivity index (χ0) is 13.7. The van der Waals surface area contributed by atoms with Crippen LogP contribution in [0.4, 0.5) is 8.78 Å². The predicted molar refractivity (Wildman–Crippen MR) is 73.2 cm³/mol. The number of benzene rings is 2. The predicted octanol–water partition coefficient (Wildman–Crippen LogP) is 3.74. The zero-order valence-electron chi connectivity index (χ0n) is 10.6. The summed E-state index contributed by atoms with van der Waals surface area (Å²) in [6.45, 7) is 0. The van der Waals surface area contributed by atoms with E-state index < -0.39 is 6.43 Å². The van der Waals surface area contributed by atoms with Gasteiger partial charge in [0.2, 0.25) is 0 Å². The van der Waals surface area contributed by atoms with Gasteiger partial charge in [0.1, 0.15) is 0 Å². The first-order valence-corrected chi connectivity index (χ1v) is 6.31. The van der Waals surface area contributed by atoms with Gasteiger partial charge in [-0.05, 0) is 24.0 Å². The minimum absolute atomic E-state index is 0.000185. The van der Waals surface area contributed by atoms with Gasteiger partial charge in [-0.15, -0.1) is 0 Å². The molecule has 0 radical (unpaired) electrons. The monoisotopic (exact) mass is 261 g/mol. The molecule has 1 nitrogen and oxygen atoms in total. The Balaban J connectivity index is 1.93. The second-order valence-electron chi connectivity index (χ2n) is 4.70. The highest BCUT2D eigenvalue weighted by molar-refractivity contribution is 5.24. The van der Waals surface area contributed by atoms with Gasteiger partial charge < -0.3 is 5.73 Å². The normalized spacial score (nSPS) is 12.6. The van der Waals surface area contributed by atoms with Gasteiger partial charge in [0, 0.05) is 11.6 Å². The Morgan fingerprint density at radius 3 is 1.84 bits per heavy atom. The largest absolute Gasteiger partial charge is 0.327 e. The quantitative estimate of drug-likeness (QED) is 0.871. The molecule has 19 heavy (non-hydrogen) atoms. The second-order valence-corrected chi connectivity index (χ2v) is 4.70. The maximum Gasteiger partial charge on any atom is 0.263 e. The Labute approximate surface area is 112 Å². The fourth-order valence-electron chi connectivity index (χ4n) is 2.09. The van der Waals surface area contributed by atoms with Gasteiger partial charge in [-0.1, -0.05) is 54.6 Å². The van der Waals surface area contributed by atoms with Gasteiger partial charge >= 0.3 is 0 Å². The van der Waals surface area contributed by atoms with E-state index >= 15 is 0 Å². The minimum atomic E-state index is -2.41. The lowest BCUT2D eigenvalue weighted by atomic mass is 9.99. The first-order chi connectivity index (χ1) is 9.15. The Bertz CT molecular complexity index is 494. The van der Waals surface area contributed by atoms with Crippen LogP contribution < -0.4 is 5.73 Å². The zero-order valence-corrected chi connectivity index (χ0v) is 10.6. The van der Waals surface area contributed by atoms with Crippen molar-refractivity contribution in [1.29, 1.82) is 0 Å². The summed E-state index contributed by atoms with van der Waals surface area (Å²) in [6, 6.07) is 16.4. The molecule has 0 aliphatic carbocycles. The Morgan fingerprint density at radius 2 is 1.32 bits per heavy atom. The molecule has 0 spiro atoms. The summed E-state index contributed by atoms with van der Waals surface area (Å²) in [6.07, 6.45) is -0.928. The van der Waals surface area contributed by atoms with E-state index in [1.54, 1.807) is 12.1 Å². The molecule has 3 heteroatoms. The van der Waals surface area contributed by atoms with Gasteiger partial charge in [0.15, 0.2) is 0 Å². The molecule has 0 bridgehead atoms. The van der Waals surface area contributed by atoms with Crippen LogP contribution in [0.5, 0.6) is 0 Å². The van der Waals surface area contributed by atoms with E-state index in [4.69, 9.17) is 5.73 Å². The maximum atomic E-state index is 12.4. The highest BCUT2D eigenvalue weighted by Gasteiger charge is 2.08. The van der Waals surface area contributed by atoms with Crippen molar-refractivity contribution in [2.45, 2.75) is 25.3 Å². The van der Waals surface area contributed by atoms with Crippen LogP contribution >= 0.6 is 0 Å². The van der Waals surface area contributed by atoms with Crippen LogP contribution in [-0.4, -0.2) is 6.04 Å². The molecule has 0 saturated carbocycles. The summed E-state index contributed by atoms with van der Waals surface area (Å²) in [4.78, 5) is 0. The van der Waals surface area contributed by atoms with Crippen molar-refractivity contribution in [3.63, 3.8) is 0 Å². The summed E-state index contributed by atoms with van der Waals surface area (Å²) >= 11 is 0. The summed E-state index contributed by atoms with van der Waals surface area (Å²) in [5, 5.41) is 0. The van der Waals surface area contributed by atoms with Crippen LogP contribution in [-0.2, 0) is 12.8 Å². The van der Waals surface area contributed by atoms with Gasteiger partial charge in [0.05, 0.1) is 0 Å². The van der Waals surface area contributed by atoms with Crippen LogP contribution in [0.25, 0.3) is 0 Å². The van der Waals surface area contributed by atoms with Crippen LogP contribution in [0.1, 0.15) is 23.1 Å². The van der Waals surface area contributed by atoms with Crippen molar-refractivity contribution < 1.29 is 8.78 Å². The fraction of sp³-hybridized carbons (Fsp3) is 0.250. The summed E-state index contributed by atoms with van der Waals surface area (Å²) < 4.78 is 24.8. The van der Waals surface area contributed by atoms with E-state index in [9.17, 15) is 8.78 Å². The Morgan fingerprint density at radius 1 is 0.789 bits per heavy atom. The van der Waals surface area contributed by atoms with Crippen molar-refractivity contribution in [3.8, 4) is 0 Å². The molecule has 2 rings (SSSR count). The highest BCUT2D eigenvalue weighted by Crippen LogP contribution is 2.19. The standard InChI is InChI=1S/C16H17F2N/c17-16(18)14-8-6-13(7-9-14)11-15(19)10-12-4-2-1-3-5-12/h1-9,15-16H,10-11,19H2. The molecule has 2 aromatic carbocycles. The van der Waals surface area contributed by atoms with Crippen molar-refractivity contribution in [1.82, 2.24) is 0 Å². The lowest BCUT2D eigenvalue weighted by Crippen LogP contribution is -2.25. The molecule has 2 aromatic rings. The lowest BCUT2D eigenvalue weighted by Gasteiger charge is -2.12. The van der Waals surface area contributed by atoms with E-state index in [0.29, 0.717) is 6.42 Å². The van der Waals surface area contributed by atoms with E-state index in [2.05, 4.69) is 0 Å². The molecule has 1 unspecified atom stereocenters. The fourth-order valence-corrected chi connectivity index (χ4v) is 2.09. The van der Waals surface area contributed by atoms with Crippen molar-refractivity contribution >= 4 is 0 Å². The van der Waals surface area contributed by atoms with Crippen molar-refractivity contribution in [2.75, 3.05) is 0 Å². The summed E-state index contributed by atoms with van der Waals surface area (Å²) in [5.74, 6) is 0. The molecule has 0 saturated heterocycles. The average molecular weight is 261 g/mol. The number of hydrogen-bond donors (Lipinski definition) is 1. The lowest BCUT2D eigenvalue weighted by molar-refractivity contribution is 0.151. The third kappa shape index (κ3) is 4.14. The van der Waals surface area contributed by atoms with Gasteiger partial charge in [-0.3, -0.25) is 0 Å². The molecule has 2 N–H and O–H groups in total. The molecule has 0 aromatic heterocycles. The number of nitrogens with two attached hydrogens (primary N) is 1. The smallest absolute Gasteiger partial charge is 0.263 e. The number of rotatable bonds is 5. The third-order valence-corrected chi connectivity index (χ3v) is 3.07. The topological polar surface area (TPSA) is 26.0 Å². The van der Waals surface area contributed by atoms with Crippen LogP contribution in [0.3, 0.4) is 0 Å². The molecule has 0 aliphatic heterocycles. The number of alkyl halides is 2. The minimum Gasteiger partial charge on any atom is -0.327 e. The highest BCUT2D eigenvalue weighted by atomic mass is 19.3. The van der Waals surface area contributed by atoms with E-state index in [0.717, 1.165) is 12.0 Å². The van der Waals surface area contributed by atoms with E-state index in [1.165, 1.54) is 17.7 Å². The molecule has 0 heterocycles. The first-order valence-electron chi connectivity index (χ1n) is 6.31. The third-order valence-electron chi connectivity index (χ3n) is 3.07. The molecular weight excluding hydrogens is 244 g/mol. The van der Waals surface area contributed by atoms with Gasteiger partial charge in [-0.25, -0.2) is 8.78 Å². The van der Waals surface area contributed by atoms with Crippen LogP contribution in [0.15, 0.2) is 54.6 Å². The van der Waals surface area contributed by atoms with Gasteiger partial charge in [0.25, 0.3) is 6.43 Å². The molecule has 0 aliphatic rings. The molecule has 0 amide bonds. The summed E-state index contributed by atoms with van der Waals surface area (Å²) in [7, 11) is 0. The number of hydrogen-bond acceptors (Lipinski definition) is 1. The number of halogens is 2. The van der Waals surface area contributed by atoms with Crippen LogP contribution in [0, 0.1) is 0 Å². The SMILES string of the molecule is NC(Cc1ccccc1)Cc1ccc(C(F)F)cc1. The van der Waals surface area contributed by atoms with Crippen molar-refractivity contribution in [2.24, 2.45) is 5.73 Å².